The first kappa shape index (κ1) is 14.2. The van der Waals surface area contributed by atoms with Gasteiger partial charge < -0.3 is 14.5 Å². The summed E-state index contributed by atoms with van der Waals surface area (Å²) in [5, 5.41) is 3.32. The SMILES string of the molecule is CCCNCCc1ncc(COC(C)(C)C)o1. The molecule has 4 heteroatoms. The Balaban J connectivity index is 2.28. The Hall–Kier alpha value is -0.870. The first-order valence-electron chi connectivity index (χ1n) is 6.29. The summed E-state index contributed by atoms with van der Waals surface area (Å²) >= 11 is 0. The van der Waals surface area contributed by atoms with Crippen LogP contribution in [0.3, 0.4) is 0 Å². The highest BCUT2D eigenvalue weighted by atomic mass is 16.5. The molecule has 1 aromatic heterocycles. The molecule has 0 fully saturated rings. The first-order chi connectivity index (χ1) is 8.01. The summed E-state index contributed by atoms with van der Waals surface area (Å²) in [6.07, 6.45) is 3.73. The smallest absolute Gasteiger partial charge is 0.195 e. The van der Waals surface area contributed by atoms with Crippen LogP contribution in [-0.2, 0) is 17.8 Å². The van der Waals surface area contributed by atoms with Crippen molar-refractivity contribution in [2.24, 2.45) is 0 Å². The van der Waals surface area contributed by atoms with Crippen molar-refractivity contribution in [1.82, 2.24) is 10.3 Å². The van der Waals surface area contributed by atoms with E-state index in [0.29, 0.717) is 6.61 Å². The zero-order valence-electron chi connectivity index (χ0n) is 11.4. The quantitative estimate of drug-likeness (QED) is 0.744. The van der Waals surface area contributed by atoms with Gasteiger partial charge in [-0.25, -0.2) is 4.98 Å². The molecule has 1 N–H and O–H groups in total. The normalized spacial score (nSPS) is 12.0. The molecule has 0 saturated carbocycles. The predicted octanol–water partition coefficient (Wildman–Crippen LogP) is 2.53. The Kier molecular flexibility index (Phi) is 5.65. The Morgan fingerprint density at radius 1 is 1.35 bits per heavy atom. The molecule has 0 radical (unpaired) electrons. The molecule has 0 aliphatic carbocycles. The highest BCUT2D eigenvalue weighted by molar-refractivity contribution is 4.93. The Morgan fingerprint density at radius 2 is 2.12 bits per heavy atom. The van der Waals surface area contributed by atoms with Crippen molar-refractivity contribution >= 4 is 0 Å². The van der Waals surface area contributed by atoms with Gasteiger partial charge in [-0.1, -0.05) is 6.92 Å². The Morgan fingerprint density at radius 3 is 2.76 bits per heavy atom. The Bertz CT molecular complexity index is 315. The first-order valence-corrected chi connectivity index (χ1v) is 6.29. The fraction of sp³-hybridized carbons (Fsp3) is 0.769. The fourth-order valence-electron chi connectivity index (χ4n) is 1.32. The standard InChI is InChI=1S/C13H24N2O2/c1-5-7-14-8-6-12-15-9-11(17-12)10-16-13(2,3)4/h9,14H,5-8,10H2,1-4H3. The second-order valence-corrected chi connectivity index (χ2v) is 5.12. The van der Waals surface area contributed by atoms with E-state index in [2.05, 4.69) is 17.2 Å². The van der Waals surface area contributed by atoms with Gasteiger partial charge in [0.2, 0.25) is 0 Å². The third-order valence-corrected chi connectivity index (χ3v) is 2.19. The molecule has 0 aliphatic rings. The maximum absolute atomic E-state index is 5.62. The molecule has 0 aliphatic heterocycles. The van der Waals surface area contributed by atoms with Gasteiger partial charge >= 0.3 is 0 Å². The summed E-state index contributed by atoms with van der Waals surface area (Å²) in [5.74, 6) is 1.58. The van der Waals surface area contributed by atoms with Crippen molar-refractivity contribution in [2.75, 3.05) is 13.1 Å². The number of nitrogens with one attached hydrogen (secondary N) is 1. The van der Waals surface area contributed by atoms with Crippen molar-refractivity contribution < 1.29 is 9.15 Å². The molecule has 98 valence electrons. The minimum absolute atomic E-state index is 0.143. The van der Waals surface area contributed by atoms with Gasteiger partial charge in [0.15, 0.2) is 5.89 Å². The van der Waals surface area contributed by atoms with Crippen LogP contribution in [0, 0.1) is 0 Å². The molecule has 4 nitrogen and oxygen atoms in total. The van der Waals surface area contributed by atoms with Crippen LogP contribution >= 0.6 is 0 Å². The van der Waals surface area contributed by atoms with Crippen molar-refractivity contribution in [3.05, 3.63) is 17.8 Å². The lowest BCUT2D eigenvalue weighted by Gasteiger charge is -2.18. The molecule has 0 saturated heterocycles. The number of nitrogens with zero attached hydrogens (tertiary/aromatic N) is 1. The fourth-order valence-corrected chi connectivity index (χ4v) is 1.32. The zero-order chi connectivity index (χ0) is 12.7. The van der Waals surface area contributed by atoms with E-state index in [1.807, 2.05) is 20.8 Å². The Labute approximate surface area is 104 Å². The molecule has 0 atom stereocenters. The maximum atomic E-state index is 5.62. The maximum Gasteiger partial charge on any atom is 0.195 e. The second-order valence-electron chi connectivity index (χ2n) is 5.12. The van der Waals surface area contributed by atoms with E-state index in [0.717, 1.165) is 37.6 Å². The summed E-state index contributed by atoms with van der Waals surface area (Å²) in [4.78, 5) is 4.23. The molecular formula is C13H24N2O2. The highest BCUT2D eigenvalue weighted by Gasteiger charge is 2.12. The molecule has 1 aromatic rings. The lowest BCUT2D eigenvalue weighted by atomic mass is 10.2. The van der Waals surface area contributed by atoms with Crippen LogP contribution in [0.2, 0.25) is 0 Å². The van der Waals surface area contributed by atoms with Gasteiger partial charge in [0.25, 0.3) is 0 Å². The van der Waals surface area contributed by atoms with Crippen LogP contribution in [0.5, 0.6) is 0 Å². The van der Waals surface area contributed by atoms with E-state index in [1.165, 1.54) is 0 Å². The highest BCUT2D eigenvalue weighted by Crippen LogP contribution is 2.12. The van der Waals surface area contributed by atoms with Crippen LogP contribution in [-0.4, -0.2) is 23.7 Å². The third-order valence-electron chi connectivity index (χ3n) is 2.19. The van der Waals surface area contributed by atoms with E-state index in [4.69, 9.17) is 9.15 Å². The zero-order valence-corrected chi connectivity index (χ0v) is 11.4. The number of rotatable bonds is 7. The van der Waals surface area contributed by atoms with Gasteiger partial charge in [0.1, 0.15) is 12.4 Å². The van der Waals surface area contributed by atoms with E-state index < -0.39 is 0 Å². The second kappa shape index (κ2) is 6.77. The number of aromatic nitrogens is 1. The van der Waals surface area contributed by atoms with Crippen LogP contribution in [0.1, 0.15) is 45.8 Å². The summed E-state index contributed by atoms with van der Waals surface area (Å²) in [6, 6.07) is 0. The molecule has 0 bridgehead atoms. The van der Waals surface area contributed by atoms with E-state index in [1.54, 1.807) is 6.20 Å². The van der Waals surface area contributed by atoms with E-state index in [-0.39, 0.29) is 5.60 Å². The van der Waals surface area contributed by atoms with Gasteiger partial charge in [0.05, 0.1) is 11.8 Å². The van der Waals surface area contributed by atoms with Crippen LogP contribution in [0.4, 0.5) is 0 Å². The van der Waals surface area contributed by atoms with E-state index in [9.17, 15) is 0 Å². The van der Waals surface area contributed by atoms with Gasteiger partial charge in [0, 0.05) is 13.0 Å². The molecule has 1 rings (SSSR count). The van der Waals surface area contributed by atoms with Crippen molar-refractivity contribution in [3.8, 4) is 0 Å². The molecule has 0 aromatic carbocycles. The summed E-state index contributed by atoms with van der Waals surface area (Å²) < 4.78 is 11.2. The van der Waals surface area contributed by atoms with Crippen LogP contribution < -0.4 is 5.32 Å². The largest absolute Gasteiger partial charge is 0.443 e. The number of hydrogen-bond acceptors (Lipinski definition) is 4. The van der Waals surface area contributed by atoms with Crippen LogP contribution in [0.15, 0.2) is 10.6 Å². The van der Waals surface area contributed by atoms with Gasteiger partial charge in [-0.2, -0.15) is 0 Å². The van der Waals surface area contributed by atoms with Crippen LogP contribution in [0.25, 0.3) is 0 Å². The topological polar surface area (TPSA) is 47.3 Å². The monoisotopic (exact) mass is 240 g/mol. The molecular weight excluding hydrogens is 216 g/mol. The van der Waals surface area contributed by atoms with Gasteiger partial charge in [-0.3, -0.25) is 0 Å². The summed E-state index contributed by atoms with van der Waals surface area (Å²) in [6.45, 7) is 10.7. The lowest BCUT2D eigenvalue weighted by molar-refractivity contribution is -0.0227. The minimum Gasteiger partial charge on any atom is -0.443 e. The molecule has 1 heterocycles. The minimum atomic E-state index is -0.143. The number of oxazole rings is 1. The third kappa shape index (κ3) is 6.44. The van der Waals surface area contributed by atoms with Crippen molar-refractivity contribution in [3.63, 3.8) is 0 Å². The van der Waals surface area contributed by atoms with Crippen molar-refractivity contribution in [2.45, 2.75) is 52.7 Å². The molecule has 17 heavy (non-hydrogen) atoms. The average molecular weight is 240 g/mol. The average Bonchev–Trinajstić information content (AvgIpc) is 2.69. The lowest BCUT2D eigenvalue weighted by Crippen LogP contribution is -2.18. The van der Waals surface area contributed by atoms with E-state index >= 15 is 0 Å². The number of hydrogen-bond donors (Lipinski definition) is 1. The molecule has 0 unspecified atom stereocenters. The summed E-state index contributed by atoms with van der Waals surface area (Å²) in [7, 11) is 0. The van der Waals surface area contributed by atoms with Crippen molar-refractivity contribution in [1.29, 1.82) is 0 Å². The predicted molar refractivity (Wildman–Crippen MR) is 67.9 cm³/mol. The van der Waals surface area contributed by atoms with Gasteiger partial charge in [-0.05, 0) is 33.7 Å². The summed E-state index contributed by atoms with van der Waals surface area (Å²) in [5.41, 5.74) is -0.143. The van der Waals surface area contributed by atoms with Gasteiger partial charge in [-0.15, -0.1) is 0 Å². The number of ether oxygens (including phenoxy) is 1. The molecule has 0 amide bonds. The molecule has 0 spiro atoms.